The van der Waals surface area contributed by atoms with Crippen molar-refractivity contribution in [2.75, 3.05) is 16.8 Å². The molecular formula is C27H29N3OS. The Morgan fingerprint density at radius 2 is 1.75 bits per heavy atom. The Bertz CT molecular complexity index is 1140. The van der Waals surface area contributed by atoms with Crippen molar-refractivity contribution in [3.05, 3.63) is 94.5 Å². The molecule has 3 aromatic rings. The second-order valence-corrected chi connectivity index (χ2v) is 8.86. The summed E-state index contributed by atoms with van der Waals surface area (Å²) in [5, 5.41) is 7.38. The summed E-state index contributed by atoms with van der Waals surface area (Å²) in [4.78, 5) is 14.1. The Morgan fingerprint density at radius 1 is 0.969 bits per heavy atom. The van der Waals surface area contributed by atoms with Crippen LogP contribution < -0.4 is 15.5 Å². The maximum absolute atomic E-state index is 12.2. The molecule has 1 aliphatic heterocycles. The van der Waals surface area contributed by atoms with Crippen LogP contribution in [0.15, 0.2) is 66.7 Å². The fourth-order valence-electron chi connectivity index (χ4n) is 4.31. The number of hydrogen-bond acceptors (Lipinski definition) is 2. The van der Waals surface area contributed by atoms with Gasteiger partial charge in [-0.3, -0.25) is 4.79 Å². The Hall–Kier alpha value is -3.18. The van der Waals surface area contributed by atoms with E-state index in [1.165, 1.54) is 16.7 Å². The highest BCUT2D eigenvalue weighted by atomic mass is 32.1. The van der Waals surface area contributed by atoms with E-state index in [1.54, 1.807) is 0 Å². The normalized spacial score (nSPS) is 14.3. The number of nitrogens with zero attached hydrogens (tertiary/aromatic N) is 1. The number of carbonyl (C=O) groups is 1. The highest BCUT2D eigenvalue weighted by Crippen LogP contribution is 2.29. The lowest BCUT2D eigenvalue weighted by atomic mass is 9.94. The number of benzene rings is 3. The smallest absolute Gasteiger partial charge is 0.227 e. The second kappa shape index (κ2) is 9.53. The van der Waals surface area contributed by atoms with Gasteiger partial charge in [0.2, 0.25) is 5.91 Å². The van der Waals surface area contributed by atoms with Crippen molar-refractivity contribution in [3.8, 4) is 0 Å². The molecule has 1 heterocycles. The van der Waals surface area contributed by atoms with Gasteiger partial charge in [0.05, 0.1) is 6.04 Å². The first-order chi connectivity index (χ1) is 15.4. The summed E-state index contributed by atoms with van der Waals surface area (Å²) in [6.07, 6.45) is 1.52. The minimum Gasteiger partial charge on any atom is -0.352 e. The monoisotopic (exact) mass is 443 g/mol. The predicted molar refractivity (Wildman–Crippen MR) is 136 cm³/mol. The van der Waals surface area contributed by atoms with Crippen LogP contribution >= 0.6 is 12.2 Å². The lowest BCUT2D eigenvalue weighted by Gasteiger charge is -2.24. The maximum Gasteiger partial charge on any atom is 0.227 e. The molecule has 0 spiro atoms. The molecule has 3 aromatic carbocycles. The molecule has 1 fully saturated rings. The number of hydrogen-bond donors (Lipinski definition) is 2. The fraction of sp³-hybridized carbons (Fsp3) is 0.259. The summed E-state index contributed by atoms with van der Waals surface area (Å²) in [6.45, 7) is 7.05. The number of amides is 1. The molecule has 0 bridgehead atoms. The molecule has 0 aromatic heterocycles. The van der Waals surface area contributed by atoms with Crippen molar-refractivity contribution >= 4 is 34.6 Å². The molecule has 164 valence electrons. The first-order valence-electron chi connectivity index (χ1n) is 11.0. The molecule has 0 saturated carbocycles. The molecule has 1 atom stereocenters. The highest BCUT2D eigenvalue weighted by Gasteiger charge is 2.23. The lowest BCUT2D eigenvalue weighted by molar-refractivity contribution is -0.117. The van der Waals surface area contributed by atoms with Gasteiger partial charge in [-0.15, -0.1) is 0 Å². The second-order valence-electron chi connectivity index (χ2n) is 8.45. The van der Waals surface area contributed by atoms with Crippen molar-refractivity contribution in [2.24, 2.45) is 0 Å². The van der Waals surface area contributed by atoms with Crippen molar-refractivity contribution in [3.63, 3.8) is 0 Å². The average Bonchev–Trinajstić information content (AvgIpc) is 3.20. The molecule has 1 saturated heterocycles. The largest absolute Gasteiger partial charge is 0.352 e. The molecule has 0 unspecified atom stereocenters. The Balaban J connectivity index is 1.57. The van der Waals surface area contributed by atoms with Crippen LogP contribution in [0.1, 0.15) is 46.7 Å². The van der Waals surface area contributed by atoms with E-state index in [9.17, 15) is 4.79 Å². The molecule has 0 aliphatic carbocycles. The molecule has 5 heteroatoms. The van der Waals surface area contributed by atoms with Gasteiger partial charge < -0.3 is 15.5 Å². The van der Waals surface area contributed by atoms with Gasteiger partial charge in [-0.1, -0.05) is 60.2 Å². The SMILES string of the molecule is Cc1ccc([C@H](NC(=S)Nc2ccc(C)c(N3CCCC3=O)c2)c2ccccc2)c(C)c1. The van der Waals surface area contributed by atoms with E-state index in [-0.39, 0.29) is 11.9 Å². The Kier molecular flexibility index (Phi) is 6.56. The summed E-state index contributed by atoms with van der Waals surface area (Å²) < 4.78 is 0. The number of aryl methyl sites for hydroxylation is 3. The van der Waals surface area contributed by atoms with Crippen molar-refractivity contribution in [2.45, 2.75) is 39.7 Å². The van der Waals surface area contributed by atoms with Crippen LogP contribution in [0.4, 0.5) is 11.4 Å². The van der Waals surface area contributed by atoms with Gasteiger partial charge in [-0.2, -0.15) is 0 Å². The molecule has 1 amide bonds. The van der Waals surface area contributed by atoms with Crippen LogP contribution in [0.2, 0.25) is 0 Å². The molecule has 4 nitrogen and oxygen atoms in total. The van der Waals surface area contributed by atoms with Crippen molar-refractivity contribution in [1.82, 2.24) is 5.32 Å². The van der Waals surface area contributed by atoms with Crippen LogP contribution in [0.25, 0.3) is 0 Å². The summed E-state index contributed by atoms with van der Waals surface area (Å²) in [7, 11) is 0. The summed E-state index contributed by atoms with van der Waals surface area (Å²) in [5.74, 6) is 0.185. The molecule has 1 aliphatic rings. The zero-order chi connectivity index (χ0) is 22.7. The van der Waals surface area contributed by atoms with Gasteiger partial charge in [0, 0.05) is 24.3 Å². The molecular weight excluding hydrogens is 414 g/mol. The number of anilines is 2. The van der Waals surface area contributed by atoms with E-state index in [0.717, 1.165) is 35.5 Å². The van der Waals surface area contributed by atoms with Crippen molar-refractivity contribution in [1.29, 1.82) is 0 Å². The van der Waals surface area contributed by atoms with E-state index in [4.69, 9.17) is 12.2 Å². The van der Waals surface area contributed by atoms with Crippen LogP contribution in [-0.2, 0) is 4.79 Å². The van der Waals surface area contributed by atoms with Gasteiger partial charge in [-0.05, 0) is 73.8 Å². The first-order valence-corrected chi connectivity index (χ1v) is 11.4. The topological polar surface area (TPSA) is 44.4 Å². The summed E-state index contributed by atoms with van der Waals surface area (Å²) >= 11 is 5.71. The third kappa shape index (κ3) is 4.83. The number of thiocarbonyl (C=S) groups is 1. The van der Waals surface area contributed by atoms with Crippen LogP contribution in [-0.4, -0.2) is 17.6 Å². The maximum atomic E-state index is 12.2. The van der Waals surface area contributed by atoms with Crippen molar-refractivity contribution < 1.29 is 4.79 Å². The number of carbonyl (C=O) groups excluding carboxylic acids is 1. The van der Waals surface area contributed by atoms with Gasteiger partial charge in [-0.25, -0.2) is 0 Å². The summed E-state index contributed by atoms with van der Waals surface area (Å²) in [6, 6.07) is 22.8. The summed E-state index contributed by atoms with van der Waals surface area (Å²) in [5.41, 5.74) is 7.71. The molecule has 32 heavy (non-hydrogen) atoms. The van der Waals surface area contributed by atoms with Gasteiger partial charge in [0.15, 0.2) is 5.11 Å². The first kappa shape index (κ1) is 22.0. The molecule has 0 radical (unpaired) electrons. The fourth-order valence-corrected chi connectivity index (χ4v) is 4.55. The molecule has 2 N–H and O–H groups in total. The zero-order valence-corrected chi connectivity index (χ0v) is 19.6. The quantitative estimate of drug-likeness (QED) is 0.488. The van der Waals surface area contributed by atoms with E-state index in [0.29, 0.717) is 11.5 Å². The number of nitrogens with one attached hydrogen (secondary N) is 2. The Morgan fingerprint density at radius 3 is 2.44 bits per heavy atom. The predicted octanol–water partition coefficient (Wildman–Crippen LogP) is 5.81. The molecule has 4 rings (SSSR count). The minimum absolute atomic E-state index is 0.0677. The van der Waals surface area contributed by atoms with Crippen LogP contribution in [0.5, 0.6) is 0 Å². The minimum atomic E-state index is -0.0677. The Labute approximate surface area is 195 Å². The van der Waals surface area contributed by atoms with E-state index in [2.05, 4.69) is 54.8 Å². The van der Waals surface area contributed by atoms with E-state index >= 15 is 0 Å². The highest BCUT2D eigenvalue weighted by molar-refractivity contribution is 7.80. The standard InChI is InChI=1S/C27H29N3OS/c1-18-11-14-23(20(3)16-18)26(21-8-5-4-6-9-21)29-27(32)28-22-13-12-19(2)24(17-22)30-15-7-10-25(30)31/h4-6,8-9,11-14,16-17,26H,7,10,15H2,1-3H3,(H2,28,29,32)/t26-/m1/s1. The third-order valence-electron chi connectivity index (χ3n) is 5.98. The van der Waals surface area contributed by atoms with Crippen LogP contribution in [0, 0.1) is 20.8 Å². The van der Waals surface area contributed by atoms with Gasteiger partial charge >= 0.3 is 0 Å². The lowest BCUT2D eigenvalue weighted by Crippen LogP contribution is -2.33. The van der Waals surface area contributed by atoms with Gasteiger partial charge in [0.25, 0.3) is 0 Å². The van der Waals surface area contributed by atoms with E-state index < -0.39 is 0 Å². The number of rotatable bonds is 5. The zero-order valence-electron chi connectivity index (χ0n) is 18.8. The average molecular weight is 444 g/mol. The van der Waals surface area contributed by atoms with Gasteiger partial charge in [0.1, 0.15) is 0 Å². The third-order valence-corrected chi connectivity index (χ3v) is 6.20. The van der Waals surface area contributed by atoms with E-state index in [1.807, 2.05) is 48.2 Å². The van der Waals surface area contributed by atoms with Crippen LogP contribution in [0.3, 0.4) is 0 Å².